The zero-order chi connectivity index (χ0) is 22.6. The van der Waals surface area contributed by atoms with Crippen LogP contribution in [0.1, 0.15) is 15.9 Å². The predicted molar refractivity (Wildman–Crippen MR) is 121 cm³/mol. The topological polar surface area (TPSA) is 109 Å². The molecule has 0 amide bonds. The minimum absolute atomic E-state index is 0.0438. The van der Waals surface area contributed by atoms with Gasteiger partial charge in [0.15, 0.2) is 0 Å². The Balaban J connectivity index is 1.99. The molecular weight excluding hydrogens is 412 g/mol. The summed E-state index contributed by atoms with van der Waals surface area (Å²) in [7, 11) is 0. The first-order valence-electron chi connectivity index (χ1n) is 10.2. The van der Waals surface area contributed by atoms with E-state index < -0.39 is 5.97 Å². The Morgan fingerprint density at radius 3 is 1.94 bits per heavy atom. The van der Waals surface area contributed by atoms with Crippen LogP contribution in [0.15, 0.2) is 72.8 Å². The van der Waals surface area contributed by atoms with Gasteiger partial charge in [-0.1, -0.05) is 36.4 Å². The predicted octanol–water partition coefficient (Wildman–Crippen LogP) is 3.76. The van der Waals surface area contributed by atoms with Crippen molar-refractivity contribution in [2.75, 3.05) is 37.1 Å². The molecule has 0 saturated heterocycles. The fraction of sp³-hybridized carbons (Fsp3) is 0.208. The summed E-state index contributed by atoms with van der Waals surface area (Å²) < 4.78 is 5.17. The summed E-state index contributed by atoms with van der Waals surface area (Å²) in [6.45, 7) is -0.417. The number of hydrogen-bond acceptors (Lipinski definition) is 8. The standard InChI is InChI=1S/C24H26N2O6/c27-11-13-30-24(29)21-16-22(25-19-7-3-1-4-8-19)18(17-32-31-14-12-28)15-23(21)26-20-9-5-2-6-10-20/h1-10,15-16,25-28H,11-14,17H2. The highest BCUT2D eigenvalue weighted by atomic mass is 17.2. The highest BCUT2D eigenvalue weighted by molar-refractivity contribution is 5.98. The van der Waals surface area contributed by atoms with E-state index in [4.69, 9.17) is 24.7 Å². The number of benzene rings is 3. The number of rotatable bonds is 12. The van der Waals surface area contributed by atoms with Gasteiger partial charge in [0.2, 0.25) is 0 Å². The number of ether oxygens (including phenoxy) is 1. The first-order valence-corrected chi connectivity index (χ1v) is 10.2. The van der Waals surface area contributed by atoms with Gasteiger partial charge in [-0.05, 0) is 36.4 Å². The van der Waals surface area contributed by atoms with Crippen LogP contribution in [0.2, 0.25) is 0 Å². The van der Waals surface area contributed by atoms with Crippen LogP contribution in [0.4, 0.5) is 22.7 Å². The van der Waals surface area contributed by atoms with Gasteiger partial charge in [-0.15, -0.1) is 0 Å². The quantitative estimate of drug-likeness (QED) is 0.146. The number of carbonyl (C=O) groups excluding carboxylic acids is 1. The largest absolute Gasteiger partial charge is 0.460 e. The maximum absolute atomic E-state index is 12.7. The van der Waals surface area contributed by atoms with Crippen LogP contribution in [0.5, 0.6) is 0 Å². The molecule has 168 valence electrons. The van der Waals surface area contributed by atoms with Crippen molar-refractivity contribution < 1.29 is 29.5 Å². The SMILES string of the molecule is O=C(OCCO)c1cc(Nc2ccccc2)c(COOCCO)cc1Nc1ccccc1. The lowest BCUT2D eigenvalue weighted by atomic mass is 10.1. The maximum Gasteiger partial charge on any atom is 0.340 e. The second kappa shape index (κ2) is 12.4. The van der Waals surface area contributed by atoms with Crippen LogP contribution in [0, 0.1) is 0 Å². The van der Waals surface area contributed by atoms with Crippen molar-refractivity contribution in [1.29, 1.82) is 0 Å². The Morgan fingerprint density at radius 2 is 1.34 bits per heavy atom. The molecule has 0 unspecified atom stereocenters. The second-order valence-electron chi connectivity index (χ2n) is 6.70. The zero-order valence-electron chi connectivity index (χ0n) is 17.5. The molecule has 0 spiro atoms. The molecule has 0 saturated carbocycles. The van der Waals surface area contributed by atoms with E-state index in [9.17, 15) is 4.79 Å². The van der Waals surface area contributed by atoms with Gasteiger partial charge in [-0.3, -0.25) is 0 Å². The molecule has 3 rings (SSSR count). The normalized spacial score (nSPS) is 10.6. The summed E-state index contributed by atoms with van der Waals surface area (Å²) in [4.78, 5) is 22.9. The number of nitrogens with one attached hydrogen (secondary N) is 2. The summed E-state index contributed by atoms with van der Waals surface area (Å²) >= 11 is 0. The van der Waals surface area contributed by atoms with Gasteiger partial charge in [-0.25, -0.2) is 14.6 Å². The molecule has 0 aliphatic rings. The van der Waals surface area contributed by atoms with Crippen molar-refractivity contribution in [1.82, 2.24) is 0 Å². The average molecular weight is 438 g/mol. The Hall–Kier alpha value is -3.43. The number of hydrogen-bond donors (Lipinski definition) is 4. The van der Waals surface area contributed by atoms with E-state index in [1.54, 1.807) is 12.1 Å². The van der Waals surface area contributed by atoms with Gasteiger partial charge in [0.25, 0.3) is 0 Å². The molecule has 0 radical (unpaired) electrons. The van der Waals surface area contributed by atoms with Gasteiger partial charge in [0, 0.05) is 22.6 Å². The van der Waals surface area contributed by atoms with E-state index in [0.29, 0.717) is 22.5 Å². The Labute approximate surface area is 186 Å². The molecule has 0 heterocycles. The monoisotopic (exact) mass is 438 g/mol. The molecular formula is C24H26N2O6. The van der Waals surface area contributed by atoms with Crippen molar-refractivity contribution in [3.63, 3.8) is 0 Å². The minimum atomic E-state index is -0.572. The smallest absolute Gasteiger partial charge is 0.340 e. The number of aliphatic hydroxyl groups is 2. The molecule has 0 atom stereocenters. The summed E-state index contributed by atoms with van der Waals surface area (Å²) in [5, 5.41) is 24.5. The lowest BCUT2D eigenvalue weighted by Crippen LogP contribution is -2.13. The van der Waals surface area contributed by atoms with Gasteiger partial charge < -0.3 is 25.6 Å². The lowest BCUT2D eigenvalue weighted by molar-refractivity contribution is -0.306. The van der Waals surface area contributed by atoms with Crippen LogP contribution >= 0.6 is 0 Å². The highest BCUT2D eigenvalue weighted by Crippen LogP contribution is 2.31. The van der Waals surface area contributed by atoms with Crippen molar-refractivity contribution in [3.8, 4) is 0 Å². The van der Waals surface area contributed by atoms with E-state index in [0.717, 1.165) is 11.4 Å². The third-order valence-corrected chi connectivity index (χ3v) is 4.37. The number of aliphatic hydroxyl groups excluding tert-OH is 2. The molecule has 0 fully saturated rings. The Kier molecular flexibility index (Phi) is 9.03. The molecule has 0 aliphatic carbocycles. The van der Waals surface area contributed by atoms with Gasteiger partial charge >= 0.3 is 5.97 Å². The van der Waals surface area contributed by atoms with Gasteiger partial charge in [0.1, 0.15) is 19.8 Å². The molecule has 32 heavy (non-hydrogen) atoms. The van der Waals surface area contributed by atoms with Crippen molar-refractivity contribution >= 4 is 28.7 Å². The summed E-state index contributed by atoms with van der Waals surface area (Å²) in [5.74, 6) is -0.572. The van der Waals surface area contributed by atoms with E-state index >= 15 is 0 Å². The summed E-state index contributed by atoms with van der Waals surface area (Å²) in [6, 6.07) is 22.3. The van der Waals surface area contributed by atoms with Crippen LogP contribution in [0.3, 0.4) is 0 Å². The van der Waals surface area contributed by atoms with Crippen molar-refractivity contribution in [2.45, 2.75) is 6.61 Å². The molecule has 0 aromatic heterocycles. The Morgan fingerprint density at radius 1 is 0.750 bits per heavy atom. The molecule has 3 aromatic rings. The van der Waals surface area contributed by atoms with E-state index in [1.165, 1.54) is 0 Å². The number of anilines is 4. The van der Waals surface area contributed by atoms with Crippen molar-refractivity contribution in [2.24, 2.45) is 0 Å². The zero-order valence-corrected chi connectivity index (χ0v) is 17.5. The highest BCUT2D eigenvalue weighted by Gasteiger charge is 2.18. The summed E-state index contributed by atoms with van der Waals surface area (Å²) in [6.07, 6.45) is 0. The molecule has 0 bridgehead atoms. The maximum atomic E-state index is 12.7. The molecule has 0 aliphatic heterocycles. The van der Waals surface area contributed by atoms with Gasteiger partial charge in [-0.2, -0.15) is 0 Å². The fourth-order valence-corrected chi connectivity index (χ4v) is 2.92. The van der Waals surface area contributed by atoms with Crippen LogP contribution in [0.25, 0.3) is 0 Å². The minimum Gasteiger partial charge on any atom is -0.460 e. The van der Waals surface area contributed by atoms with Gasteiger partial charge in [0.05, 0.1) is 24.5 Å². The Bertz CT molecular complexity index is 983. The van der Waals surface area contributed by atoms with Crippen LogP contribution < -0.4 is 10.6 Å². The molecule has 8 heteroatoms. The molecule has 8 nitrogen and oxygen atoms in total. The van der Waals surface area contributed by atoms with E-state index in [2.05, 4.69) is 10.6 Å². The van der Waals surface area contributed by atoms with Crippen molar-refractivity contribution in [3.05, 3.63) is 83.9 Å². The van der Waals surface area contributed by atoms with E-state index in [1.807, 2.05) is 60.7 Å². The lowest BCUT2D eigenvalue weighted by Gasteiger charge is -2.18. The third kappa shape index (κ3) is 6.79. The molecule has 3 aromatic carbocycles. The van der Waals surface area contributed by atoms with Crippen LogP contribution in [-0.4, -0.2) is 42.6 Å². The second-order valence-corrected chi connectivity index (χ2v) is 6.70. The number of para-hydroxylation sites is 2. The van der Waals surface area contributed by atoms with E-state index in [-0.39, 0.29) is 33.0 Å². The fourth-order valence-electron chi connectivity index (χ4n) is 2.92. The third-order valence-electron chi connectivity index (χ3n) is 4.37. The molecule has 4 N–H and O–H groups in total. The number of carbonyl (C=O) groups is 1. The average Bonchev–Trinajstić information content (AvgIpc) is 2.83. The number of esters is 1. The summed E-state index contributed by atoms with van der Waals surface area (Å²) in [5.41, 5.74) is 3.75. The van der Waals surface area contributed by atoms with Crippen LogP contribution in [-0.2, 0) is 21.1 Å². The first kappa shape index (κ1) is 23.2. The first-order chi connectivity index (χ1) is 15.7.